The topological polar surface area (TPSA) is 79.4 Å². The molecule has 1 aromatic heterocycles. The molecular weight excluding hydrogens is 470 g/mol. The first-order valence-electron chi connectivity index (χ1n) is 11.8. The molecule has 0 saturated carbocycles. The number of carbonyl (C=O) groups is 3. The summed E-state index contributed by atoms with van der Waals surface area (Å²) in [5.41, 5.74) is 4.14. The molecule has 1 atom stereocenters. The lowest BCUT2D eigenvalue weighted by molar-refractivity contribution is -0.120. The number of thiazole rings is 1. The van der Waals surface area contributed by atoms with E-state index in [9.17, 15) is 14.4 Å². The van der Waals surface area contributed by atoms with E-state index in [0.29, 0.717) is 23.2 Å². The first-order chi connectivity index (χ1) is 17.4. The molecule has 1 N–H and O–H groups in total. The molecule has 6 nitrogen and oxygen atoms in total. The van der Waals surface area contributed by atoms with Gasteiger partial charge in [-0.1, -0.05) is 68.4 Å². The third-order valence-corrected chi connectivity index (χ3v) is 7.00. The Morgan fingerprint density at radius 1 is 0.861 bits per heavy atom. The van der Waals surface area contributed by atoms with Gasteiger partial charge >= 0.3 is 0 Å². The van der Waals surface area contributed by atoms with Crippen molar-refractivity contribution in [3.8, 4) is 21.8 Å². The monoisotopic (exact) mass is 495 g/mol. The van der Waals surface area contributed by atoms with Crippen LogP contribution in [0.4, 0.5) is 5.69 Å². The summed E-state index contributed by atoms with van der Waals surface area (Å²) in [7, 11) is 0. The van der Waals surface area contributed by atoms with Crippen molar-refractivity contribution in [2.75, 3.05) is 5.32 Å². The second-order valence-corrected chi connectivity index (χ2v) is 10.00. The van der Waals surface area contributed by atoms with E-state index >= 15 is 0 Å². The standard InChI is InChI=1S/C29H25N3O3S/c1-18(2)16-25(32-28(34)22-10-6-7-11-23(22)29(32)35)26(33)30-21-14-12-19(13-15-21)24-17-36-27(31-24)20-8-4-3-5-9-20/h3-15,17-18,25H,16H2,1-2H3,(H,30,33). The van der Waals surface area contributed by atoms with Crippen LogP contribution >= 0.6 is 11.3 Å². The van der Waals surface area contributed by atoms with Crippen molar-refractivity contribution in [1.29, 1.82) is 0 Å². The van der Waals surface area contributed by atoms with Gasteiger partial charge in [0.2, 0.25) is 5.91 Å². The zero-order valence-corrected chi connectivity index (χ0v) is 20.8. The fraction of sp³-hybridized carbons (Fsp3) is 0.172. The van der Waals surface area contributed by atoms with Gasteiger partial charge in [0.25, 0.3) is 11.8 Å². The van der Waals surface area contributed by atoms with Crippen LogP contribution in [0.25, 0.3) is 21.8 Å². The average molecular weight is 496 g/mol. The Morgan fingerprint density at radius 2 is 1.47 bits per heavy atom. The van der Waals surface area contributed by atoms with Gasteiger partial charge in [0, 0.05) is 22.2 Å². The molecule has 3 aromatic carbocycles. The van der Waals surface area contributed by atoms with Crippen LogP contribution < -0.4 is 5.32 Å². The Labute approximate surface area is 213 Å². The summed E-state index contributed by atoms with van der Waals surface area (Å²) in [6, 6.07) is 23.2. The summed E-state index contributed by atoms with van der Waals surface area (Å²) in [4.78, 5) is 45.2. The van der Waals surface area contributed by atoms with Gasteiger partial charge < -0.3 is 5.32 Å². The van der Waals surface area contributed by atoms with E-state index in [-0.39, 0.29) is 11.8 Å². The van der Waals surface area contributed by atoms with Crippen LogP contribution in [-0.2, 0) is 4.79 Å². The van der Waals surface area contributed by atoms with Crippen molar-refractivity contribution in [1.82, 2.24) is 9.88 Å². The number of nitrogens with one attached hydrogen (secondary N) is 1. The molecule has 4 aromatic rings. The number of aromatic nitrogens is 1. The van der Waals surface area contributed by atoms with Crippen LogP contribution in [0.2, 0.25) is 0 Å². The number of hydrogen-bond acceptors (Lipinski definition) is 5. The minimum Gasteiger partial charge on any atom is -0.324 e. The molecule has 180 valence electrons. The van der Waals surface area contributed by atoms with E-state index < -0.39 is 17.9 Å². The number of anilines is 1. The Kier molecular flexibility index (Phi) is 6.48. The van der Waals surface area contributed by atoms with Crippen molar-refractivity contribution in [2.24, 2.45) is 5.92 Å². The molecule has 0 spiro atoms. The zero-order chi connectivity index (χ0) is 25.2. The van der Waals surface area contributed by atoms with Crippen molar-refractivity contribution in [3.05, 3.63) is 95.4 Å². The highest BCUT2D eigenvalue weighted by Crippen LogP contribution is 2.30. The van der Waals surface area contributed by atoms with E-state index in [0.717, 1.165) is 26.7 Å². The van der Waals surface area contributed by atoms with Crippen LogP contribution in [-0.4, -0.2) is 33.6 Å². The quantitative estimate of drug-likeness (QED) is 0.313. The van der Waals surface area contributed by atoms with E-state index in [2.05, 4.69) is 5.32 Å². The highest BCUT2D eigenvalue weighted by Gasteiger charge is 2.42. The molecular formula is C29H25N3O3S. The predicted molar refractivity (Wildman–Crippen MR) is 142 cm³/mol. The Bertz CT molecular complexity index is 1390. The number of nitrogens with zero attached hydrogens (tertiary/aromatic N) is 2. The van der Waals surface area contributed by atoms with Gasteiger partial charge in [-0.3, -0.25) is 19.3 Å². The lowest BCUT2D eigenvalue weighted by Gasteiger charge is -2.26. The molecule has 0 bridgehead atoms. The van der Waals surface area contributed by atoms with Crippen LogP contribution in [0.1, 0.15) is 41.0 Å². The summed E-state index contributed by atoms with van der Waals surface area (Å²) in [6.07, 6.45) is 0.372. The van der Waals surface area contributed by atoms with Crippen LogP contribution in [0.3, 0.4) is 0 Å². The smallest absolute Gasteiger partial charge is 0.262 e. The first-order valence-corrected chi connectivity index (χ1v) is 12.7. The second kappa shape index (κ2) is 9.87. The normalized spacial score (nSPS) is 13.7. The SMILES string of the molecule is CC(C)CC(C(=O)Nc1ccc(-c2csc(-c3ccccc3)n2)cc1)N1C(=O)c2ccccc2C1=O. The highest BCUT2D eigenvalue weighted by atomic mass is 32.1. The van der Waals surface area contributed by atoms with Gasteiger partial charge in [0.15, 0.2) is 0 Å². The molecule has 0 aliphatic carbocycles. The van der Waals surface area contributed by atoms with E-state index in [1.54, 1.807) is 35.6 Å². The molecule has 5 rings (SSSR count). The molecule has 1 aliphatic rings. The lowest BCUT2D eigenvalue weighted by atomic mass is 10.0. The minimum absolute atomic E-state index is 0.107. The van der Waals surface area contributed by atoms with Gasteiger partial charge in [0.1, 0.15) is 11.0 Å². The molecule has 0 fully saturated rings. The third kappa shape index (κ3) is 4.57. The van der Waals surface area contributed by atoms with Crippen LogP contribution in [0, 0.1) is 5.92 Å². The average Bonchev–Trinajstić information content (AvgIpc) is 3.48. The van der Waals surface area contributed by atoms with Gasteiger partial charge in [0.05, 0.1) is 16.8 Å². The molecule has 1 aliphatic heterocycles. The van der Waals surface area contributed by atoms with Crippen molar-refractivity contribution in [2.45, 2.75) is 26.3 Å². The lowest BCUT2D eigenvalue weighted by Crippen LogP contribution is -2.47. The zero-order valence-electron chi connectivity index (χ0n) is 20.0. The van der Waals surface area contributed by atoms with E-state index in [1.165, 1.54) is 0 Å². The van der Waals surface area contributed by atoms with Crippen LogP contribution in [0.15, 0.2) is 84.2 Å². The van der Waals surface area contributed by atoms with Crippen molar-refractivity contribution >= 4 is 34.7 Å². The molecule has 0 radical (unpaired) electrons. The first kappa shape index (κ1) is 23.6. The number of amides is 3. The Hall–Kier alpha value is -4.10. The summed E-state index contributed by atoms with van der Waals surface area (Å²) >= 11 is 1.58. The Morgan fingerprint density at radius 3 is 2.08 bits per heavy atom. The van der Waals surface area contributed by atoms with Crippen molar-refractivity contribution < 1.29 is 14.4 Å². The number of hydrogen-bond donors (Lipinski definition) is 1. The number of fused-ring (bicyclic) bond motifs is 1. The maximum atomic E-state index is 13.3. The fourth-order valence-electron chi connectivity index (χ4n) is 4.34. The largest absolute Gasteiger partial charge is 0.324 e. The number of carbonyl (C=O) groups excluding carboxylic acids is 3. The van der Waals surface area contributed by atoms with Gasteiger partial charge in [-0.15, -0.1) is 11.3 Å². The summed E-state index contributed by atoms with van der Waals surface area (Å²) in [5, 5.41) is 5.85. The summed E-state index contributed by atoms with van der Waals surface area (Å²) in [5.74, 6) is -1.13. The predicted octanol–water partition coefficient (Wildman–Crippen LogP) is 6.13. The van der Waals surface area contributed by atoms with Gasteiger partial charge in [-0.05, 0) is 36.6 Å². The minimum atomic E-state index is -0.899. The number of rotatable bonds is 7. The molecule has 36 heavy (non-hydrogen) atoms. The molecule has 2 heterocycles. The maximum Gasteiger partial charge on any atom is 0.262 e. The summed E-state index contributed by atoms with van der Waals surface area (Å²) in [6.45, 7) is 3.93. The summed E-state index contributed by atoms with van der Waals surface area (Å²) < 4.78 is 0. The van der Waals surface area contributed by atoms with Gasteiger partial charge in [-0.25, -0.2) is 4.98 Å². The van der Waals surface area contributed by atoms with E-state index in [4.69, 9.17) is 4.98 Å². The number of benzene rings is 3. The van der Waals surface area contributed by atoms with Gasteiger partial charge in [-0.2, -0.15) is 0 Å². The van der Waals surface area contributed by atoms with Crippen molar-refractivity contribution in [3.63, 3.8) is 0 Å². The number of imide groups is 1. The molecule has 1 unspecified atom stereocenters. The fourth-order valence-corrected chi connectivity index (χ4v) is 5.17. The molecule has 0 saturated heterocycles. The highest BCUT2D eigenvalue weighted by molar-refractivity contribution is 7.13. The third-order valence-electron chi connectivity index (χ3n) is 6.11. The Balaban J connectivity index is 1.33. The molecule has 7 heteroatoms. The maximum absolute atomic E-state index is 13.3. The van der Waals surface area contributed by atoms with E-state index in [1.807, 2.05) is 73.8 Å². The second-order valence-electron chi connectivity index (χ2n) is 9.14. The molecule has 3 amide bonds. The van der Waals surface area contributed by atoms with Crippen LogP contribution in [0.5, 0.6) is 0 Å².